The van der Waals surface area contributed by atoms with Crippen LogP contribution in [0.2, 0.25) is 5.02 Å². The molecule has 7 heteroatoms. The van der Waals surface area contributed by atoms with Gasteiger partial charge in [-0.1, -0.05) is 29.8 Å². The number of rotatable bonds is 7. The molecule has 4 nitrogen and oxygen atoms in total. The molecule has 0 saturated heterocycles. The predicted octanol–water partition coefficient (Wildman–Crippen LogP) is 4.28. The molecule has 0 aliphatic carbocycles. The lowest BCUT2D eigenvalue weighted by Crippen LogP contribution is -2.44. The zero-order valence-electron chi connectivity index (χ0n) is 14.5. The third-order valence-electron chi connectivity index (χ3n) is 3.73. The Morgan fingerprint density at radius 1 is 1.23 bits per heavy atom. The van der Waals surface area contributed by atoms with Crippen molar-refractivity contribution in [3.63, 3.8) is 0 Å². The summed E-state index contributed by atoms with van der Waals surface area (Å²) in [5, 5.41) is 5.54. The van der Waals surface area contributed by atoms with Gasteiger partial charge in [0.2, 0.25) is 5.91 Å². The van der Waals surface area contributed by atoms with Crippen LogP contribution in [0.5, 0.6) is 0 Å². The molecular formula is C19H20ClFN2O2S. The highest BCUT2D eigenvalue weighted by atomic mass is 35.5. The fraction of sp³-hybridized carbons (Fsp3) is 0.263. The van der Waals surface area contributed by atoms with Crippen LogP contribution >= 0.6 is 23.4 Å². The Bertz CT molecular complexity index is 801. The van der Waals surface area contributed by atoms with Crippen molar-refractivity contribution in [3.05, 3.63) is 64.4 Å². The zero-order chi connectivity index (χ0) is 19.1. The number of carbonyl (C=O) groups is 2. The van der Waals surface area contributed by atoms with Gasteiger partial charge in [0.25, 0.3) is 5.91 Å². The first kappa shape index (κ1) is 20.3. The van der Waals surface area contributed by atoms with Gasteiger partial charge in [0.1, 0.15) is 11.9 Å². The van der Waals surface area contributed by atoms with Gasteiger partial charge in [-0.3, -0.25) is 9.59 Å². The second kappa shape index (κ2) is 9.59. The molecule has 26 heavy (non-hydrogen) atoms. The van der Waals surface area contributed by atoms with E-state index >= 15 is 0 Å². The van der Waals surface area contributed by atoms with E-state index in [-0.39, 0.29) is 11.3 Å². The molecule has 0 heterocycles. The molecule has 0 fully saturated rings. The Morgan fingerprint density at radius 2 is 1.96 bits per heavy atom. The molecule has 0 aliphatic rings. The summed E-state index contributed by atoms with van der Waals surface area (Å²) in [6.45, 7) is 1.76. The maximum Gasteiger partial charge on any atom is 0.253 e. The number of carbonyl (C=O) groups excluding carboxylic acids is 2. The maximum absolute atomic E-state index is 14.0. The van der Waals surface area contributed by atoms with Gasteiger partial charge in [-0.2, -0.15) is 11.8 Å². The third kappa shape index (κ3) is 5.47. The van der Waals surface area contributed by atoms with Crippen LogP contribution < -0.4 is 10.6 Å². The van der Waals surface area contributed by atoms with Crippen molar-refractivity contribution in [2.45, 2.75) is 19.4 Å². The molecule has 138 valence electrons. The van der Waals surface area contributed by atoms with Crippen LogP contribution in [0, 0.1) is 12.7 Å². The highest BCUT2D eigenvalue weighted by Gasteiger charge is 2.23. The molecule has 0 spiro atoms. The summed E-state index contributed by atoms with van der Waals surface area (Å²) < 4.78 is 14.0. The molecule has 1 unspecified atom stereocenters. The van der Waals surface area contributed by atoms with E-state index in [1.807, 2.05) is 6.26 Å². The minimum atomic E-state index is -0.799. The third-order valence-corrected chi connectivity index (χ3v) is 4.71. The SMILES string of the molecule is CSCCC(NC(=O)c1ccccc1Cl)C(=O)Nc1ccc(C)cc1F. The monoisotopic (exact) mass is 394 g/mol. The lowest BCUT2D eigenvalue weighted by molar-refractivity contribution is -0.118. The largest absolute Gasteiger partial charge is 0.340 e. The number of anilines is 1. The lowest BCUT2D eigenvalue weighted by atomic mass is 10.1. The van der Waals surface area contributed by atoms with Crippen molar-refractivity contribution in [2.24, 2.45) is 0 Å². The summed E-state index contributed by atoms with van der Waals surface area (Å²) in [6, 6.07) is 10.4. The second-order valence-electron chi connectivity index (χ2n) is 5.76. The molecular weight excluding hydrogens is 375 g/mol. The first-order valence-corrected chi connectivity index (χ1v) is 9.81. The summed E-state index contributed by atoms with van der Waals surface area (Å²) in [5.74, 6) is -0.764. The van der Waals surface area contributed by atoms with Crippen molar-refractivity contribution in [3.8, 4) is 0 Å². The first-order valence-electron chi connectivity index (χ1n) is 8.03. The maximum atomic E-state index is 14.0. The summed E-state index contributed by atoms with van der Waals surface area (Å²) in [5.41, 5.74) is 1.13. The normalized spacial score (nSPS) is 11.7. The van der Waals surface area contributed by atoms with Crippen LogP contribution in [0.3, 0.4) is 0 Å². The average molecular weight is 395 g/mol. The van der Waals surface area contributed by atoms with E-state index in [2.05, 4.69) is 10.6 Å². The Morgan fingerprint density at radius 3 is 2.62 bits per heavy atom. The second-order valence-corrected chi connectivity index (χ2v) is 7.15. The van der Waals surface area contributed by atoms with E-state index in [1.165, 1.54) is 12.1 Å². The van der Waals surface area contributed by atoms with Crippen molar-refractivity contribution in [1.29, 1.82) is 0 Å². The number of thioether (sulfide) groups is 1. The van der Waals surface area contributed by atoms with E-state index in [1.54, 1.807) is 49.0 Å². The van der Waals surface area contributed by atoms with Crippen LogP contribution in [0.15, 0.2) is 42.5 Å². The van der Waals surface area contributed by atoms with E-state index < -0.39 is 23.7 Å². The predicted molar refractivity (Wildman–Crippen MR) is 105 cm³/mol. The van der Waals surface area contributed by atoms with E-state index in [9.17, 15) is 14.0 Å². The van der Waals surface area contributed by atoms with Crippen molar-refractivity contribution in [2.75, 3.05) is 17.3 Å². The fourth-order valence-corrected chi connectivity index (χ4v) is 3.02. The Kier molecular flexibility index (Phi) is 7.48. The first-order chi connectivity index (χ1) is 12.4. The molecule has 1 atom stereocenters. The van der Waals surface area contributed by atoms with Gasteiger partial charge < -0.3 is 10.6 Å². The highest BCUT2D eigenvalue weighted by molar-refractivity contribution is 7.98. The number of nitrogens with one attached hydrogen (secondary N) is 2. The molecule has 0 saturated carbocycles. The molecule has 2 aromatic carbocycles. The quantitative estimate of drug-likeness (QED) is 0.737. The van der Waals surface area contributed by atoms with Gasteiger partial charge in [0.15, 0.2) is 0 Å². The van der Waals surface area contributed by atoms with Crippen LogP contribution in [0.4, 0.5) is 10.1 Å². The summed E-state index contributed by atoms with van der Waals surface area (Å²) in [4.78, 5) is 25.0. The van der Waals surface area contributed by atoms with Gasteiger partial charge in [0.05, 0.1) is 16.3 Å². The number of aryl methyl sites for hydroxylation is 1. The topological polar surface area (TPSA) is 58.2 Å². The number of halogens is 2. The molecule has 2 N–H and O–H groups in total. The van der Waals surface area contributed by atoms with E-state index in [0.29, 0.717) is 17.2 Å². The number of hydrogen-bond donors (Lipinski definition) is 2. The minimum Gasteiger partial charge on any atom is -0.340 e. The van der Waals surface area contributed by atoms with Gasteiger partial charge in [-0.25, -0.2) is 4.39 Å². The standard InChI is InChI=1S/C19H20ClFN2O2S/c1-12-7-8-16(15(21)11-12)22-19(25)17(9-10-26-2)23-18(24)13-5-3-4-6-14(13)20/h3-8,11,17H,9-10H2,1-2H3,(H,22,25)(H,23,24). The van der Waals surface area contributed by atoms with Crippen LogP contribution in [0.1, 0.15) is 22.3 Å². The number of benzene rings is 2. The summed E-state index contributed by atoms with van der Waals surface area (Å²) in [7, 11) is 0. The van der Waals surface area contributed by atoms with Crippen molar-refractivity contribution >= 4 is 40.9 Å². The highest BCUT2D eigenvalue weighted by Crippen LogP contribution is 2.17. The number of amides is 2. The van der Waals surface area contributed by atoms with E-state index in [4.69, 9.17) is 11.6 Å². The van der Waals surface area contributed by atoms with Crippen molar-refractivity contribution < 1.29 is 14.0 Å². The van der Waals surface area contributed by atoms with Gasteiger partial charge >= 0.3 is 0 Å². The molecule has 0 aromatic heterocycles. The average Bonchev–Trinajstić information content (AvgIpc) is 2.61. The number of hydrogen-bond acceptors (Lipinski definition) is 3. The Labute approximate surface area is 161 Å². The summed E-state index contributed by atoms with van der Waals surface area (Å²) in [6.07, 6.45) is 2.32. The van der Waals surface area contributed by atoms with Crippen LogP contribution in [-0.2, 0) is 4.79 Å². The smallest absolute Gasteiger partial charge is 0.253 e. The van der Waals surface area contributed by atoms with Gasteiger partial charge in [0, 0.05) is 0 Å². The minimum absolute atomic E-state index is 0.0849. The summed E-state index contributed by atoms with van der Waals surface area (Å²) >= 11 is 7.59. The molecule has 2 rings (SSSR count). The molecule has 0 bridgehead atoms. The van der Waals surface area contributed by atoms with Crippen LogP contribution in [-0.4, -0.2) is 29.9 Å². The van der Waals surface area contributed by atoms with Gasteiger partial charge in [-0.15, -0.1) is 0 Å². The zero-order valence-corrected chi connectivity index (χ0v) is 16.1. The van der Waals surface area contributed by atoms with E-state index in [0.717, 1.165) is 5.56 Å². The molecule has 2 aromatic rings. The molecule has 0 radical (unpaired) electrons. The Balaban J connectivity index is 2.14. The fourth-order valence-electron chi connectivity index (χ4n) is 2.33. The van der Waals surface area contributed by atoms with Crippen LogP contribution in [0.25, 0.3) is 0 Å². The lowest BCUT2D eigenvalue weighted by Gasteiger charge is -2.19. The van der Waals surface area contributed by atoms with Crippen molar-refractivity contribution in [1.82, 2.24) is 5.32 Å². The molecule has 0 aliphatic heterocycles. The molecule has 2 amide bonds. The van der Waals surface area contributed by atoms with Gasteiger partial charge in [-0.05, 0) is 55.2 Å². The Hall–Kier alpha value is -2.05.